The normalized spacial score (nSPS) is 14.2. The lowest BCUT2D eigenvalue weighted by atomic mass is 10.1. The van der Waals surface area contributed by atoms with E-state index >= 15 is 0 Å². The number of thiol groups is 1. The average Bonchev–Trinajstić information content (AvgIpc) is 3.33. The molecule has 0 unspecified atom stereocenters. The minimum absolute atomic E-state index is 0.213. The Morgan fingerprint density at radius 3 is 2.64 bits per heavy atom. The third kappa shape index (κ3) is 4.95. The highest BCUT2D eigenvalue weighted by molar-refractivity contribution is 7.70. The molecule has 4 aromatic rings. The van der Waals surface area contributed by atoms with Gasteiger partial charge in [-0.15, -0.1) is 0 Å². The van der Waals surface area contributed by atoms with E-state index in [9.17, 15) is 8.42 Å². The second-order valence-corrected chi connectivity index (χ2v) is 8.56. The molecule has 10 nitrogen and oxygen atoms in total. The van der Waals surface area contributed by atoms with Gasteiger partial charge >= 0.3 is 0 Å². The molecule has 0 saturated carbocycles. The van der Waals surface area contributed by atoms with Crippen LogP contribution in [0.15, 0.2) is 54.7 Å². The Balaban J connectivity index is 1.42. The zero-order valence-corrected chi connectivity index (χ0v) is 18.7. The quantitative estimate of drug-likeness (QED) is 0.262. The summed E-state index contributed by atoms with van der Waals surface area (Å²) in [5, 5.41) is 13.8. The van der Waals surface area contributed by atoms with Crippen molar-refractivity contribution in [2.45, 2.75) is 6.54 Å². The molecule has 33 heavy (non-hydrogen) atoms. The molecule has 2 aromatic carbocycles. The molecule has 0 amide bonds. The Morgan fingerprint density at radius 2 is 1.85 bits per heavy atom. The van der Waals surface area contributed by atoms with Crippen LogP contribution in [-0.4, -0.2) is 54.8 Å². The molecule has 2 aromatic heterocycles. The van der Waals surface area contributed by atoms with Gasteiger partial charge in [0.05, 0.1) is 6.20 Å². The van der Waals surface area contributed by atoms with E-state index in [0.29, 0.717) is 22.7 Å². The Hall–Kier alpha value is -3.54. The van der Waals surface area contributed by atoms with Gasteiger partial charge in [0.15, 0.2) is 11.6 Å². The van der Waals surface area contributed by atoms with Crippen molar-refractivity contribution in [2.24, 2.45) is 0 Å². The molecule has 11 heteroatoms. The number of aromatic amines is 1. The molecule has 0 bridgehead atoms. The Kier molecular flexibility index (Phi) is 6.15. The van der Waals surface area contributed by atoms with Crippen LogP contribution in [0, 0.1) is 0 Å². The average molecular weight is 465 g/mol. The second kappa shape index (κ2) is 9.53. The maximum Gasteiger partial charge on any atom is 0.201 e. The highest BCUT2D eigenvalue weighted by Gasteiger charge is 2.13. The molecule has 0 spiro atoms. The molecule has 3 heterocycles. The van der Waals surface area contributed by atoms with Gasteiger partial charge < -0.3 is 15.5 Å². The smallest absolute Gasteiger partial charge is 0.201 e. The molecule has 0 aliphatic carbocycles. The lowest BCUT2D eigenvalue weighted by Gasteiger charge is -2.29. The topological polar surface area (TPSA) is 128 Å². The summed E-state index contributed by atoms with van der Waals surface area (Å²) in [5.41, 5.74) is 5.11. The summed E-state index contributed by atoms with van der Waals surface area (Å²) in [7, 11) is -2.66. The van der Waals surface area contributed by atoms with Crippen LogP contribution in [-0.2, 0) is 17.4 Å². The van der Waals surface area contributed by atoms with Crippen molar-refractivity contribution in [1.29, 1.82) is 0 Å². The van der Waals surface area contributed by atoms with Crippen LogP contribution in [0.5, 0.6) is 0 Å². The molecule has 170 valence electrons. The molecular formula is C22H24N8O2S. The zero-order chi connectivity index (χ0) is 22.6. The van der Waals surface area contributed by atoms with Crippen molar-refractivity contribution in [2.75, 3.05) is 36.4 Å². The lowest BCUT2D eigenvalue weighted by Crippen LogP contribution is -2.43. The van der Waals surface area contributed by atoms with Gasteiger partial charge in [0.2, 0.25) is 10.9 Å². The first-order valence-electron chi connectivity index (χ1n) is 10.7. The Morgan fingerprint density at radius 1 is 1.03 bits per heavy atom. The second-order valence-electron chi connectivity index (χ2n) is 7.73. The van der Waals surface area contributed by atoms with E-state index in [1.165, 1.54) is 5.69 Å². The van der Waals surface area contributed by atoms with Gasteiger partial charge in [-0.1, -0.05) is 18.2 Å². The monoisotopic (exact) mass is 464 g/mol. The fourth-order valence-electron chi connectivity index (χ4n) is 3.85. The number of fused-ring (bicyclic) bond motifs is 1. The van der Waals surface area contributed by atoms with Gasteiger partial charge in [-0.25, -0.2) is 23.1 Å². The summed E-state index contributed by atoms with van der Waals surface area (Å²) in [6.45, 7) is 4.19. The van der Waals surface area contributed by atoms with E-state index in [2.05, 4.69) is 47.6 Å². The van der Waals surface area contributed by atoms with E-state index in [1.807, 2.05) is 36.4 Å². The molecule has 1 saturated heterocycles. The molecular weight excluding hydrogens is 440 g/mol. The van der Waals surface area contributed by atoms with Crippen LogP contribution < -0.4 is 20.3 Å². The summed E-state index contributed by atoms with van der Waals surface area (Å²) in [6.07, 6.45) is 1.66. The fourth-order valence-corrected chi connectivity index (χ4v) is 4.16. The number of anilines is 3. The number of hydrogen-bond acceptors (Lipinski definition) is 8. The SMILES string of the molecule is O=[SH](=O)NCc1cccc(-c2nc(Nc3ccc(N4CCNCC4)cc3)c3[nH]ncc3n2)c1. The van der Waals surface area contributed by atoms with Crippen molar-refractivity contribution in [3.05, 3.63) is 60.3 Å². The number of rotatable bonds is 7. The van der Waals surface area contributed by atoms with Crippen molar-refractivity contribution >= 4 is 39.1 Å². The molecule has 0 atom stereocenters. The highest BCUT2D eigenvalue weighted by Crippen LogP contribution is 2.27. The Labute approximate surface area is 192 Å². The van der Waals surface area contributed by atoms with Crippen molar-refractivity contribution in [1.82, 2.24) is 30.2 Å². The Bertz CT molecular complexity index is 1320. The van der Waals surface area contributed by atoms with E-state index < -0.39 is 10.9 Å². The molecule has 1 aliphatic heterocycles. The van der Waals surface area contributed by atoms with Crippen LogP contribution in [0.4, 0.5) is 17.2 Å². The predicted molar refractivity (Wildman–Crippen MR) is 129 cm³/mol. The lowest BCUT2D eigenvalue weighted by molar-refractivity contribution is 0.589. The van der Waals surface area contributed by atoms with Gasteiger partial charge in [0.1, 0.15) is 11.0 Å². The third-order valence-corrected chi connectivity index (χ3v) is 5.93. The number of nitrogens with one attached hydrogen (secondary N) is 4. The van der Waals surface area contributed by atoms with Gasteiger partial charge in [-0.05, 0) is 35.9 Å². The maximum absolute atomic E-state index is 10.9. The van der Waals surface area contributed by atoms with E-state index in [1.54, 1.807) is 6.20 Å². The van der Waals surface area contributed by atoms with E-state index in [4.69, 9.17) is 4.98 Å². The molecule has 4 N–H and O–H groups in total. The molecule has 1 fully saturated rings. The van der Waals surface area contributed by atoms with Gasteiger partial charge in [-0.2, -0.15) is 5.10 Å². The number of piperazine rings is 1. The minimum Gasteiger partial charge on any atom is -0.369 e. The van der Waals surface area contributed by atoms with Crippen molar-refractivity contribution in [3.63, 3.8) is 0 Å². The van der Waals surface area contributed by atoms with Crippen LogP contribution >= 0.6 is 0 Å². The summed E-state index contributed by atoms with van der Waals surface area (Å²) in [6, 6.07) is 15.8. The molecule has 0 radical (unpaired) electrons. The number of nitrogens with zero attached hydrogens (tertiary/aromatic N) is 4. The number of hydrogen-bond donors (Lipinski definition) is 5. The first-order valence-corrected chi connectivity index (χ1v) is 11.8. The van der Waals surface area contributed by atoms with Crippen molar-refractivity contribution < 1.29 is 8.42 Å². The van der Waals surface area contributed by atoms with Gasteiger partial charge in [0, 0.05) is 49.7 Å². The highest BCUT2D eigenvalue weighted by atomic mass is 32.2. The molecule has 1 aliphatic rings. The first kappa shape index (κ1) is 21.3. The van der Waals surface area contributed by atoms with Gasteiger partial charge in [0.25, 0.3) is 0 Å². The summed E-state index contributed by atoms with van der Waals surface area (Å²) >= 11 is 0. The maximum atomic E-state index is 10.9. The van der Waals surface area contributed by atoms with Crippen LogP contribution in [0.25, 0.3) is 22.4 Å². The first-order chi connectivity index (χ1) is 16.2. The summed E-state index contributed by atoms with van der Waals surface area (Å²) < 4.78 is 24.1. The minimum atomic E-state index is -2.66. The van der Waals surface area contributed by atoms with Gasteiger partial charge in [-0.3, -0.25) is 5.10 Å². The number of H-pyrrole nitrogens is 1. The fraction of sp³-hybridized carbons (Fsp3) is 0.227. The summed E-state index contributed by atoms with van der Waals surface area (Å²) in [5.74, 6) is 1.14. The van der Waals surface area contributed by atoms with E-state index in [0.717, 1.165) is 43.0 Å². The standard InChI is InChI=1S/C22H24N8O2S/c31-33(32)25-13-15-2-1-3-16(12-15)21-27-19-14-24-29-20(19)22(28-21)26-17-4-6-18(7-5-17)30-10-8-23-9-11-30/h1-7,12,14,23,33H,8-11,13H2,(H,24,29)(H,25,31,32)(H,26,27,28). The van der Waals surface area contributed by atoms with E-state index in [-0.39, 0.29) is 6.54 Å². The predicted octanol–water partition coefficient (Wildman–Crippen LogP) is 1.79. The number of aromatic nitrogens is 4. The zero-order valence-electron chi connectivity index (χ0n) is 17.8. The number of benzene rings is 2. The van der Waals surface area contributed by atoms with Crippen molar-refractivity contribution in [3.8, 4) is 11.4 Å². The largest absolute Gasteiger partial charge is 0.369 e. The third-order valence-electron chi connectivity index (χ3n) is 5.51. The van der Waals surface area contributed by atoms with Crippen LogP contribution in [0.1, 0.15) is 5.56 Å². The molecule has 5 rings (SSSR count). The van der Waals surface area contributed by atoms with Crippen LogP contribution in [0.3, 0.4) is 0 Å². The van der Waals surface area contributed by atoms with Crippen LogP contribution in [0.2, 0.25) is 0 Å². The summed E-state index contributed by atoms with van der Waals surface area (Å²) in [4.78, 5) is 11.7.